The monoisotopic (exact) mass is 285 g/mol. The molecule has 0 radical (unpaired) electrons. The third-order valence-electron chi connectivity index (χ3n) is 2.48. The van der Waals surface area contributed by atoms with Crippen molar-refractivity contribution in [3.05, 3.63) is 35.4 Å². The van der Waals surface area contributed by atoms with Crippen LogP contribution >= 0.6 is 0 Å². The zero-order valence-electron chi connectivity index (χ0n) is 13.1. The second kappa shape index (κ2) is 8.76. The number of alkyl carbamates (subject to hydrolysis) is 1. The molecule has 1 rings (SSSR count). The Balaban J connectivity index is 0.00000400. The molecule has 1 amide bonds. The number of hydrogen-bond acceptors (Lipinski definition) is 4. The van der Waals surface area contributed by atoms with Crippen LogP contribution in [0.15, 0.2) is 24.3 Å². The third kappa shape index (κ3) is 9.17. The van der Waals surface area contributed by atoms with Crippen molar-refractivity contribution in [2.24, 2.45) is 0 Å². The fourth-order valence-corrected chi connectivity index (χ4v) is 1.56. The molecule has 0 aliphatic carbocycles. The normalized spacial score (nSPS) is 10.4. The van der Waals surface area contributed by atoms with Gasteiger partial charge in [-0.25, -0.2) is 4.79 Å². The van der Waals surface area contributed by atoms with Crippen molar-refractivity contribution in [3.63, 3.8) is 0 Å². The van der Waals surface area contributed by atoms with Crippen molar-refractivity contribution >= 4 is 12.1 Å². The van der Waals surface area contributed by atoms with Gasteiger partial charge in [0.2, 0.25) is 0 Å². The summed E-state index contributed by atoms with van der Waals surface area (Å²) in [4.78, 5) is 21.8. The molecule has 0 bridgehead atoms. The van der Waals surface area contributed by atoms with Crippen molar-refractivity contribution in [1.82, 2.24) is 5.32 Å². The van der Waals surface area contributed by atoms with Crippen molar-refractivity contribution < 1.29 is 38.3 Å². The smallest absolute Gasteiger partial charge is 0.550 e. The number of amides is 1. The second-order valence-electron chi connectivity index (χ2n) is 5.54. The van der Waals surface area contributed by atoms with Crippen LogP contribution in [-0.4, -0.2) is 17.7 Å². The van der Waals surface area contributed by atoms with Crippen LogP contribution in [-0.2, 0) is 22.5 Å². The summed E-state index contributed by atoms with van der Waals surface area (Å²) < 4.78 is 5.13. The Kier molecular flexibility index (Phi) is 8.16. The summed E-state index contributed by atoms with van der Waals surface area (Å²) in [5.74, 6) is -1.05. The predicted molar refractivity (Wildman–Crippen MR) is 72.8 cm³/mol. The van der Waals surface area contributed by atoms with E-state index >= 15 is 0 Å². The van der Waals surface area contributed by atoms with Crippen molar-refractivity contribution in [3.8, 4) is 0 Å². The zero-order valence-corrected chi connectivity index (χ0v) is 13.1. The zero-order chi connectivity index (χ0) is 15.2. The molecule has 21 heavy (non-hydrogen) atoms. The van der Waals surface area contributed by atoms with Gasteiger partial charge < -0.3 is 20.0 Å². The molecule has 0 atom stereocenters. The Morgan fingerprint density at radius 2 is 1.67 bits per heavy atom. The van der Waals surface area contributed by atoms with E-state index in [1.807, 2.05) is 24.3 Å². The maximum atomic E-state index is 11.5. The molecule has 0 saturated heterocycles. The number of aryl methyl sites for hydroxylation is 1. The Bertz CT molecular complexity index is 466. The largest absolute Gasteiger partial charge is 1.00 e. The van der Waals surface area contributed by atoms with E-state index in [1.54, 1.807) is 20.8 Å². The van der Waals surface area contributed by atoms with E-state index in [0.29, 0.717) is 13.0 Å². The number of ether oxygens (including phenoxy) is 1. The third-order valence-corrected chi connectivity index (χ3v) is 2.48. The molecular formula is C15H20LiNO4. The molecule has 6 heteroatoms. The van der Waals surface area contributed by atoms with Crippen molar-refractivity contribution in [2.45, 2.75) is 45.8 Å². The average Bonchev–Trinajstić information content (AvgIpc) is 2.33. The number of carbonyl (C=O) groups is 2. The fraction of sp³-hybridized carbons (Fsp3) is 0.467. The predicted octanol–water partition coefficient (Wildman–Crippen LogP) is -1.60. The van der Waals surface area contributed by atoms with Crippen LogP contribution in [0.5, 0.6) is 0 Å². The summed E-state index contributed by atoms with van der Waals surface area (Å²) in [5, 5.41) is 13.0. The van der Waals surface area contributed by atoms with Gasteiger partial charge in [0.25, 0.3) is 0 Å². The standard InChI is InChI=1S/C15H21NO4.Li/c1-15(2,3)20-14(19)16-10-12-6-4-11(5-7-12)8-9-13(17)18;/h4-7H,8-10H2,1-3H3,(H,16,19)(H,17,18);/q;+1/p-1. The summed E-state index contributed by atoms with van der Waals surface area (Å²) in [6.45, 7) is 5.78. The molecule has 0 fully saturated rings. The van der Waals surface area contributed by atoms with Gasteiger partial charge in [0, 0.05) is 12.5 Å². The van der Waals surface area contributed by atoms with Crippen molar-refractivity contribution in [1.29, 1.82) is 0 Å². The van der Waals surface area contributed by atoms with E-state index < -0.39 is 17.7 Å². The molecule has 1 N–H and O–H groups in total. The summed E-state index contributed by atoms with van der Waals surface area (Å²) in [6, 6.07) is 7.38. The van der Waals surface area contributed by atoms with Gasteiger partial charge in [0.05, 0.1) is 0 Å². The van der Waals surface area contributed by atoms with Crippen LogP contribution < -0.4 is 29.3 Å². The number of carboxylic acid groups (broad SMARTS) is 1. The first-order valence-corrected chi connectivity index (χ1v) is 6.51. The minimum absolute atomic E-state index is 0. The molecule has 0 unspecified atom stereocenters. The Morgan fingerprint density at radius 1 is 1.14 bits per heavy atom. The van der Waals surface area contributed by atoms with Crippen LogP contribution in [0.1, 0.15) is 38.3 Å². The number of nitrogens with one attached hydrogen (secondary N) is 1. The molecule has 0 aliphatic rings. The molecule has 5 nitrogen and oxygen atoms in total. The Labute approximate surface area is 137 Å². The van der Waals surface area contributed by atoms with Gasteiger partial charge in [-0.2, -0.15) is 0 Å². The Hall–Kier alpha value is -1.44. The van der Waals surface area contributed by atoms with Gasteiger partial charge in [-0.05, 0) is 44.7 Å². The van der Waals surface area contributed by atoms with Gasteiger partial charge in [-0.3, -0.25) is 0 Å². The molecule has 0 heterocycles. The first kappa shape index (κ1) is 19.6. The molecule has 110 valence electrons. The topological polar surface area (TPSA) is 78.5 Å². The van der Waals surface area contributed by atoms with E-state index in [4.69, 9.17) is 4.74 Å². The SMILES string of the molecule is CC(C)(C)OC(=O)NCc1ccc(CCC(=O)[O-])cc1.[Li+]. The molecule has 1 aromatic carbocycles. The van der Waals surface area contributed by atoms with E-state index in [2.05, 4.69) is 5.32 Å². The maximum absolute atomic E-state index is 11.5. The molecule has 1 aromatic rings. The number of carboxylic acids is 1. The van der Waals surface area contributed by atoms with Crippen LogP contribution in [0.25, 0.3) is 0 Å². The number of carbonyl (C=O) groups excluding carboxylic acids is 2. The van der Waals surface area contributed by atoms with Gasteiger partial charge in [-0.15, -0.1) is 0 Å². The number of rotatable bonds is 5. The minimum atomic E-state index is -1.05. The molecule has 0 spiro atoms. The average molecular weight is 285 g/mol. The quantitative estimate of drug-likeness (QED) is 0.661. The molecular weight excluding hydrogens is 265 g/mol. The molecule has 0 aromatic heterocycles. The summed E-state index contributed by atoms with van der Waals surface area (Å²) in [7, 11) is 0. The van der Waals surface area contributed by atoms with E-state index in [0.717, 1.165) is 11.1 Å². The first-order valence-electron chi connectivity index (χ1n) is 6.51. The maximum Gasteiger partial charge on any atom is 1.00 e. The summed E-state index contributed by atoms with van der Waals surface area (Å²) in [6.07, 6.45) is -0.00373. The van der Waals surface area contributed by atoms with E-state index in [-0.39, 0.29) is 25.3 Å². The van der Waals surface area contributed by atoms with Crippen LogP contribution in [0.3, 0.4) is 0 Å². The molecule has 0 saturated carbocycles. The van der Waals surface area contributed by atoms with Crippen LogP contribution in [0.4, 0.5) is 4.79 Å². The van der Waals surface area contributed by atoms with Gasteiger partial charge in [0.15, 0.2) is 0 Å². The van der Waals surface area contributed by atoms with Gasteiger partial charge in [0.1, 0.15) is 5.60 Å². The van der Waals surface area contributed by atoms with Gasteiger partial charge in [-0.1, -0.05) is 24.3 Å². The number of aliphatic carboxylic acids is 1. The minimum Gasteiger partial charge on any atom is -0.550 e. The second-order valence-corrected chi connectivity index (χ2v) is 5.54. The summed E-state index contributed by atoms with van der Waals surface area (Å²) >= 11 is 0. The molecule has 0 aliphatic heterocycles. The van der Waals surface area contributed by atoms with Crippen LogP contribution in [0, 0.1) is 0 Å². The van der Waals surface area contributed by atoms with E-state index in [1.165, 1.54) is 0 Å². The van der Waals surface area contributed by atoms with E-state index in [9.17, 15) is 14.7 Å². The number of benzene rings is 1. The van der Waals surface area contributed by atoms with Gasteiger partial charge >= 0.3 is 25.0 Å². The van der Waals surface area contributed by atoms with Crippen molar-refractivity contribution in [2.75, 3.05) is 0 Å². The first-order chi connectivity index (χ1) is 9.26. The summed E-state index contributed by atoms with van der Waals surface area (Å²) in [5.41, 5.74) is 1.34. The number of hydrogen-bond donors (Lipinski definition) is 1. The Morgan fingerprint density at radius 3 is 2.14 bits per heavy atom. The van der Waals surface area contributed by atoms with Crippen LogP contribution in [0.2, 0.25) is 0 Å². The fourth-order valence-electron chi connectivity index (χ4n) is 1.56.